The lowest BCUT2D eigenvalue weighted by Gasteiger charge is -2.37. The van der Waals surface area contributed by atoms with Crippen molar-refractivity contribution in [3.05, 3.63) is 35.9 Å². The van der Waals surface area contributed by atoms with Gasteiger partial charge in [0.05, 0.1) is 5.92 Å². The summed E-state index contributed by atoms with van der Waals surface area (Å²) in [5, 5.41) is 0. The van der Waals surface area contributed by atoms with Crippen molar-refractivity contribution >= 4 is 12.1 Å². The highest BCUT2D eigenvalue weighted by Crippen LogP contribution is 2.25. The molecule has 0 aromatic heterocycles. The standard InChI is InChI=1S/C24H36N2O4/c1-24(2,3)30-22(27)21-11-13-25(14-12-21)17-19-9-15-26(16-10-19)23(28)29-18-20-7-5-4-6-8-20/h4-8,19,21H,9-18H2,1-3H3. The quantitative estimate of drug-likeness (QED) is 0.677. The molecule has 2 aliphatic rings. The Labute approximate surface area is 180 Å². The molecule has 0 spiro atoms. The first-order valence-corrected chi connectivity index (χ1v) is 11.2. The second-order valence-corrected chi connectivity index (χ2v) is 9.58. The highest BCUT2D eigenvalue weighted by Gasteiger charge is 2.31. The molecule has 0 unspecified atom stereocenters. The van der Waals surface area contributed by atoms with Crippen molar-refractivity contribution in [3.63, 3.8) is 0 Å². The number of ether oxygens (including phenoxy) is 2. The minimum absolute atomic E-state index is 0.0294. The van der Waals surface area contributed by atoms with Crippen LogP contribution in [0.15, 0.2) is 30.3 Å². The van der Waals surface area contributed by atoms with Crippen LogP contribution in [0.5, 0.6) is 0 Å². The second-order valence-electron chi connectivity index (χ2n) is 9.58. The molecule has 0 N–H and O–H groups in total. The van der Waals surface area contributed by atoms with Gasteiger partial charge in [-0.1, -0.05) is 30.3 Å². The summed E-state index contributed by atoms with van der Waals surface area (Å²) in [6.45, 7) is 10.5. The van der Waals surface area contributed by atoms with Gasteiger partial charge in [0.2, 0.25) is 0 Å². The van der Waals surface area contributed by atoms with Crippen LogP contribution in [0.1, 0.15) is 52.0 Å². The number of carbonyl (C=O) groups excluding carboxylic acids is 2. The van der Waals surface area contributed by atoms with Gasteiger partial charge in [0, 0.05) is 19.6 Å². The van der Waals surface area contributed by atoms with Crippen LogP contribution in [0.2, 0.25) is 0 Å². The van der Waals surface area contributed by atoms with Crippen LogP contribution >= 0.6 is 0 Å². The van der Waals surface area contributed by atoms with Crippen molar-refractivity contribution in [1.82, 2.24) is 9.80 Å². The largest absolute Gasteiger partial charge is 0.460 e. The molecule has 0 radical (unpaired) electrons. The van der Waals surface area contributed by atoms with Gasteiger partial charge in [-0.15, -0.1) is 0 Å². The van der Waals surface area contributed by atoms with E-state index in [2.05, 4.69) is 4.90 Å². The predicted molar refractivity (Wildman–Crippen MR) is 116 cm³/mol. The maximum atomic E-state index is 12.3. The van der Waals surface area contributed by atoms with Gasteiger partial charge >= 0.3 is 12.1 Å². The van der Waals surface area contributed by atoms with Gasteiger partial charge in [-0.25, -0.2) is 4.79 Å². The first kappa shape index (κ1) is 22.6. The second kappa shape index (κ2) is 10.3. The molecule has 2 saturated heterocycles. The van der Waals surface area contributed by atoms with Gasteiger partial charge in [-0.05, 0) is 71.0 Å². The van der Waals surface area contributed by atoms with Crippen LogP contribution < -0.4 is 0 Å². The van der Waals surface area contributed by atoms with Crippen LogP contribution in [0, 0.1) is 11.8 Å². The van der Waals surface area contributed by atoms with E-state index in [-0.39, 0.29) is 18.0 Å². The van der Waals surface area contributed by atoms with E-state index < -0.39 is 5.60 Å². The molecular weight excluding hydrogens is 380 g/mol. The Morgan fingerprint density at radius 1 is 0.967 bits per heavy atom. The zero-order valence-electron chi connectivity index (χ0n) is 18.6. The lowest BCUT2D eigenvalue weighted by Crippen LogP contribution is -2.44. The topological polar surface area (TPSA) is 59.1 Å². The summed E-state index contributed by atoms with van der Waals surface area (Å²) in [7, 11) is 0. The zero-order valence-corrected chi connectivity index (χ0v) is 18.6. The Morgan fingerprint density at radius 2 is 1.60 bits per heavy atom. The number of nitrogens with zero attached hydrogens (tertiary/aromatic N) is 2. The summed E-state index contributed by atoms with van der Waals surface area (Å²) < 4.78 is 11.0. The monoisotopic (exact) mass is 416 g/mol. The molecule has 1 aromatic carbocycles. The Kier molecular flexibility index (Phi) is 7.75. The van der Waals surface area contributed by atoms with Crippen LogP contribution in [-0.2, 0) is 20.9 Å². The maximum absolute atomic E-state index is 12.3. The van der Waals surface area contributed by atoms with E-state index in [1.165, 1.54) is 0 Å². The maximum Gasteiger partial charge on any atom is 0.410 e. The fourth-order valence-corrected chi connectivity index (χ4v) is 4.21. The number of rotatable bonds is 5. The van der Waals surface area contributed by atoms with Crippen molar-refractivity contribution in [2.45, 2.75) is 58.7 Å². The van der Waals surface area contributed by atoms with Crippen LogP contribution in [0.3, 0.4) is 0 Å². The minimum atomic E-state index is -0.412. The van der Waals surface area contributed by atoms with Crippen molar-refractivity contribution in [2.75, 3.05) is 32.7 Å². The smallest absolute Gasteiger partial charge is 0.410 e. The number of benzene rings is 1. The summed E-state index contributed by atoms with van der Waals surface area (Å²) in [6.07, 6.45) is 3.55. The molecule has 6 heteroatoms. The van der Waals surface area contributed by atoms with E-state index in [9.17, 15) is 9.59 Å². The summed E-state index contributed by atoms with van der Waals surface area (Å²) in [6, 6.07) is 9.78. The van der Waals surface area contributed by atoms with Crippen LogP contribution in [0.4, 0.5) is 4.79 Å². The number of piperidine rings is 2. The third-order valence-electron chi connectivity index (χ3n) is 5.92. The van der Waals surface area contributed by atoms with Gasteiger partial charge < -0.3 is 19.3 Å². The molecule has 166 valence electrons. The van der Waals surface area contributed by atoms with E-state index >= 15 is 0 Å². The normalized spacial score (nSPS) is 19.5. The summed E-state index contributed by atoms with van der Waals surface area (Å²) in [5.41, 5.74) is 0.597. The molecule has 1 aromatic rings. The Balaban J connectivity index is 1.33. The van der Waals surface area contributed by atoms with E-state index in [1.54, 1.807) is 0 Å². The predicted octanol–water partition coefficient (Wildman–Crippen LogP) is 4.09. The first-order chi connectivity index (χ1) is 14.3. The van der Waals surface area contributed by atoms with Crippen molar-refractivity contribution < 1.29 is 19.1 Å². The average molecular weight is 417 g/mol. The first-order valence-electron chi connectivity index (χ1n) is 11.2. The molecule has 0 aliphatic carbocycles. The van der Waals surface area contributed by atoms with E-state index in [0.29, 0.717) is 12.5 Å². The Hall–Kier alpha value is -2.08. The molecule has 3 rings (SSSR count). The third kappa shape index (κ3) is 7.01. The number of esters is 1. The number of hydrogen-bond donors (Lipinski definition) is 0. The number of amides is 1. The van der Waals surface area contributed by atoms with Crippen molar-refractivity contribution in [2.24, 2.45) is 11.8 Å². The van der Waals surface area contributed by atoms with Crippen molar-refractivity contribution in [1.29, 1.82) is 0 Å². The molecule has 0 atom stereocenters. The van der Waals surface area contributed by atoms with Gasteiger partial charge in [-0.2, -0.15) is 0 Å². The number of carbonyl (C=O) groups is 2. The Morgan fingerprint density at radius 3 is 2.20 bits per heavy atom. The van der Waals surface area contributed by atoms with Gasteiger partial charge in [-0.3, -0.25) is 4.79 Å². The van der Waals surface area contributed by atoms with Crippen LogP contribution in [-0.4, -0.2) is 60.2 Å². The van der Waals surface area contributed by atoms with Gasteiger partial charge in [0.15, 0.2) is 0 Å². The molecule has 2 fully saturated rings. The van der Waals surface area contributed by atoms with E-state index in [1.807, 2.05) is 56.0 Å². The lowest BCUT2D eigenvalue weighted by molar-refractivity contribution is -0.161. The molecule has 0 saturated carbocycles. The SMILES string of the molecule is CC(C)(C)OC(=O)C1CCN(CC2CCN(C(=O)OCc3ccccc3)CC2)CC1. The number of likely N-dealkylation sites (tertiary alicyclic amines) is 2. The zero-order chi connectivity index (χ0) is 21.6. The number of hydrogen-bond acceptors (Lipinski definition) is 5. The average Bonchev–Trinajstić information content (AvgIpc) is 2.72. The van der Waals surface area contributed by atoms with Gasteiger partial charge in [0.1, 0.15) is 12.2 Å². The highest BCUT2D eigenvalue weighted by atomic mass is 16.6. The van der Waals surface area contributed by atoms with Crippen molar-refractivity contribution in [3.8, 4) is 0 Å². The molecule has 2 heterocycles. The van der Waals surface area contributed by atoms with E-state index in [0.717, 1.165) is 64.0 Å². The van der Waals surface area contributed by atoms with E-state index in [4.69, 9.17) is 9.47 Å². The molecule has 2 aliphatic heterocycles. The van der Waals surface area contributed by atoms with Gasteiger partial charge in [0.25, 0.3) is 0 Å². The molecule has 1 amide bonds. The summed E-state index contributed by atoms with van der Waals surface area (Å²) in [5.74, 6) is 0.576. The highest BCUT2D eigenvalue weighted by molar-refractivity contribution is 5.73. The molecule has 0 bridgehead atoms. The summed E-state index contributed by atoms with van der Waals surface area (Å²) >= 11 is 0. The fraction of sp³-hybridized carbons (Fsp3) is 0.667. The fourth-order valence-electron chi connectivity index (χ4n) is 4.21. The molecule has 6 nitrogen and oxygen atoms in total. The summed E-state index contributed by atoms with van der Waals surface area (Å²) in [4.78, 5) is 28.9. The minimum Gasteiger partial charge on any atom is -0.460 e. The molecular formula is C24H36N2O4. The lowest BCUT2D eigenvalue weighted by atomic mass is 9.93. The molecule has 30 heavy (non-hydrogen) atoms. The third-order valence-corrected chi connectivity index (χ3v) is 5.92. The van der Waals surface area contributed by atoms with Crippen LogP contribution in [0.25, 0.3) is 0 Å². The Bertz CT molecular complexity index is 685.